The van der Waals surface area contributed by atoms with Gasteiger partial charge in [0.05, 0.1) is 21.3 Å². The molecule has 1 aromatic carbocycles. The molecule has 4 nitrogen and oxygen atoms in total. The SMILES string of the molecule is COc1cc2c(c(OC)c1OC)C(CCO)CC2. The van der Waals surface area contributed by atoms with Crippen LogP contribution in [0.5, 0.6) is 17.2 Å². The minimum absolute atomic E-state index is 0.196. The molecule has 1 N–H and O–H groups in total. The highest BCUT2D eigenvalue weighted by atomic mass is 16.5. The van der Waals surface area contributed by atoms with E-state index < -0.39 is 0 Å². The molecule has 0 saturated carbocycles. The number of hydrogen-bond donors (Lipinski definition) is 1. The highest BCUT2D eigenvalue weighted by Crippen LogP contribution is 2.50. The van der Waals surface area contributed by atoms with E-state index in [1.165, 1.54) is 11.1 Å². The van der Waals surface area contributed by atoms with Crippen molar-refractivity contribution in [3.8, 4) is 17.2 Å². The summed E-state index contributed by atoms with van der Waals surface area (Å²) in [6.45, 7) is 0.196. The fourth-order valence-corrected chi connectivity index (χ4v) is 2.80. The van der Waals surface area contributed by atoms with Crippen LogP contribution in [0.3, 0.4) is 0 Å². The summed E-state index contributed by atoms with van der Waals surface area (Å²) < 4.78 is 16.3. The van der Waals surface area contributed by atoms with Gasteiger partial charge in [-0.15, -0.1) is 0 Å². The molecule has 1 unspecified atom stereocenters. The van der Waals surface area contributed by atoms with Gasteiger partial charge in [-0.25, -0.2) is 0 Å². The molecule has 1 aliphatic rings. The highest BCUT2D eigenvalue weighted by molar-refractivity contribution is 5.61. The highest BCUT2D eigenvalue weighted by Gasteiger charge is 2.30. The quantitative estimate of drug-likeness (QED) is 0.872. The Morgan fingerprint density at radius 2 is 1.89 bits per heavy atom. The summed E-state index contributed by atoms with van der Waals surface area (Å²) >= 11 is 0. The molecular formula is C14H20O4. The number of methoxy groups -OCH3 is 3. The van der Waals surface area contributed by atoms with Gasteiger partial charge in [-0.1, -0.05) is 0 Å². The third kappa shape index (κ3) is 2.01. The normalized spacial score (nSPS) is 17.4. The Hall–Kier alpha value is -1.42. The van der Waals surface area contributed by atoms with E-state index >= 15 is 0 Å². The smallest absolute Gasteiger partial charge is 0.203 e. The number of hydrogen-bond acceptors (Lipinski definition) is 4. The molecule has 18 heavy (non-hydrogen) atoms. The minimum atomic E-state index is 0.196. The average Bonchev–Trinajstić information content (AvgIpc) is 2.79. The lowest BCUT2D eigenvalue weighted by molar-refractivity contribution is 0.272. The van der Waals surface area contributed by atoms with Gasteiger partial charge in [0.15, 0.2) is 11.5 Å². The molecule has 0 bridgehead atoms. The second-order valence-corrected chi connectivity index (χ2v) is 4.47. The Morgan fingerprint density at radius 1 is 1.17 bits per heavy atom. The van der Waals surface area contributed by atoms with E-state index in [1.807, 2.05) is 6.07 Å². The summed E-state index contributed by atoms with van der Waals surface area (Å²) in [5, 5.41) is 9.15. The Labute approximate surface area is 107 Å². The van der Waals surface area contributed by atoms with Crippen LogP contribution in [0.4, 0.5) is 0 Å². The molecule has 100 valence electrons. The van der Waals surface area contributed by atoms with Crippen LogP contribution in [0.25, 0.3) is 0 Å². The fraction of sp³-hybridized carbons (Fsp3) is 0.571. The van der Waals surface area contributed by atoms with Crippen LogP contribution >= 0.6 is 0 Å². The van der Waals surface area contributed by atoms with Crippen molar-refractivity contribution in [1.82, 2.24) is 0 Å². The largest absolute Gasteiger partial charge is 0.493 e. The average molecular weight is 252 g/mol. The first-order valence-electron chi connectivity index (χ1n) is 6.19. The van der Waals surface area contributed by atoms with Gasteiger partial charge < -0.3 is 19.3 Å². The molecule has 0 amide bonds. The molecule has 2 rings (SSSR count). The summed E-state index contributed by atoms with van der Waals surface area (Å²) in [6.07, 6.45) is 2.80. The topological polar surface area (TPSA) is 47.9 Å². The number of aliphatic hydroxyl groups is 1. The maximum Gasteiger partial charge on any atom is 0.203 e. The first kappa shape index (κ1) is 13.0. The fourth-order valence-electron chi connectivity index (χ4n) is 2.80. The van der Waals surface area contributed by atoms with Crippen LogP contribution in [0, 0.1) is 0 Å². The third-order valence-corrected chi connectivity index (χ3v) is 3.60. The molecule has 0 aliphatic heterocycles. The maximum absolute atomic E-state index is 9.15. The standard InChI is InChI=1S/C14H20O4/c1-16-11-8-10-5-4-9(6-7-15)12(10)14(18-3)13(11)17-2/h8-9,15H,4-7H2,1-3H3. The number of ether oxygens (including phenoxy) is 3. The molecule has 1 atom stereocenters. The van der Waals surface area contributed by atoms with Crippen molar-refractivity contribution in [3.63, 3.8) is 0 Å². The summed E-state index contributed by atoms with van der Waals surface area (Å²) in [4.78, 5) is 0. The minimum Gasteiger partial charge on any atom is -0.493 e. The van der Waals surface area contributed by atoms with Crippen molar-refractivity contribution >= 4 is 0 Å². The molecular weight excluding hydrogens is 232 g/mol. The van der Waals surface area contributed by atoms with Crippen molar-refractivity contribution < 1.29 is 19.3 Å². The lowest BCUT2D eigenvalue weighted by atomic mass is 9.96. The lowest BCUT2D eigenvalue weighted by Crippen LogP contribution is -2.03. The first-order chi connectivity index (χ1) is 8.76. The Balaban J connectivity index is 2.54. The van der Waals surface area contributed by atoms with E-state index in [9.17, 15) is 0 Å². The van der Waals surface area contributed by atoms with Crippen LogP contribution in [0.15, 0.2) is 6.07 Å². The van der Waals surface area contributed by atoms with E-state index in [4.69, 9.17) is 19.3 Å². The molecule has 0 fully saturated rings. The van der Waals surface area contributed by atoms with E-state index in [0.717, 1.165) is 25.0 Å². The molecule has 0 spiro atoms. The van der Waals surface area contributed by atoms with Gasteiger partial charge in [0.25, 0.3) is 0 Å². The van der Waals surface area contributed by atoms with Crippen molar-refractivity contribution in [2.75, 3.05) is 27.9 Å². The van der Waals surface area contributed by atoms with Gasteiger partial charge in [-0.05, 0) is 36.8 Å². The van der Waals surface area contributed by atoms with E-state index in [2.05, 4.69) is 0 Å². The van der Waals surface area contributed by atoms with Crippen LogP contribution in [-0.4, -0.2) is 33.0 Å². The van der Waals surface area contributed by atoms with Gasteiger partial charge >= 0.3 is 0 Å². The monoisotopic (exact) mass is 252 g/mol. The second kappa shape index (κ2) is 5.48. The molecule has 0 radical (unpaired) electrons. The first-order valence-corrected chi connectivity index (χ1v) is 6.19. The zero-order chi connectivity index (χ0) is 13.1. The predicted molar refractivity (Wildman–Crippen MR) is 68.9 cm³/mol. The zero-order valence-corrected chi connectivity index (χ0v) is 11.2. The third-order valence-electron chi connectivity index (χ3n) is 3.60. The predicted octanol–water partition coefficient (Wildman–Crippen LogP) is 2.12. The summed E-state index contributed by atoms with van der Waals surface area (Å²) in [5.41, 5.74) is 2.41. The molecule has 0 heterocycles. The molecule has 4 heteroatoms. The van der Waals surface area contributed by atoms with Crippen LogP contribution in [0.2, 0.25) is 0 Å². The number of rotatable bonds is 5. The van der Waals surface area contributed by atoms with Crippen molar-refractivity contribution in [2.45, 2.75) is 25.2 Å². The lowest BCUT2D eigenvalue weighted by Gasteiger charge is -2.19. The van der Waals surface area contributed by atoms with E-state index in [-0.39, 0.29) is 6.61 Å². The second-order valence-electron chi connectivity index (χ2n) is 4.47. The molecule has 1 aromatic rings. The summed E-state index contributed by atoms with van der Waals surface area (Å²) in [5.74, 6) is 2.45. The van der Waals surface area contributed by atoms with Crippen molar-refractivity contribution in [3.05, 3.63) is 17.2 Å². The Bertz CT molecular complexity index is 428. The van der Waals surface area contributed by atoms with E-state index in [1.54, 1.807) is 21.3 Å². The van der Waals surface area contributed by atoms with Crippen LogP contribution in [-0.2, 0) is 6.42 Å². The maximum atomic E-state index is 9.15. The van der Waals surface area contributed by atoms with Crippen molar-refractivity contribution in [2.24, 2.45) is 0 Å². The van der Waals surface area contributed by atoms with E-state index in [0.29, 0.717) is 17.4 Å². The van der Waals surface area contributed by atoms with Crippen LogP contribution < -0.4 is 14.2 Å². The molecule has 0 saturated heterocycles. The number of aliphatic hydroxyl groups excluding tert-OH is 1. The van der Waals surface area contributed by atoms with Crippen LogP contribution in [0.1, 0.15) is 29.9 Å². The Morgan fingerprint density at radius 3 is 2.44 bits per heavy atom. The van der Waals surface area contributed by atoms with Gasteiger partial charge in [-0.3, -0.25) is 0 Å². The number of aryl methyl sites for hydroxylation is 1. The van der Waals surface area contributed by atoms with Gasteiger partial charge in [0.1, 0.15) is 0 Å². The molecule has 0 aromatic heterocycles. The zero-order valence-electron chi connectivity index (χ0n) is 11.2. The summed E-state index contributed by atoms with van der Waals surface area (Å²) in [6, 6.07) is 2.02. The summed E-state index contributed by atoms with van der Waals surface area (Å²) in [7, 11) is 4.89. The number of fused-ring (bicyclic) bond motifs is 1. The Kier molecular flexibility index (Phi) is 3.97. The van der Waals surface area contributed by atoms with Gasteiger partial charge in [0.2, 0.25) is 5.75 Å². The van der Waals surface area contributed by atoms with Crippen molar-refractivity contribution in [1.29, 1.82) is 0 Å². The van der Waals surface area contributed by atoms with Gasteiger partial charge in [0, 0.05) is 12.2 Å². The number of benzene rings is 1. The van der Waals surface area contributed by atoms with Gasteiger partial charge in [-0.2, -0.15) is 0 Å². The molecule has 1 aliphatic carbocycles.